The molecule has 2 aliphatic rings. The Kier molecular flexibility index (Phi) is 5.41. The standard InChI is InChI=1S/C16H26N4OS/c1-20-15(10-14(19-20)12-5-3-2-4-6-12)18-16(21)9-13-11-22-8-7-17-13/h10,12-13,17H,2-9,11H2,1H3,(H,18,21)/t13-/m1/s1. The molecule has 122 valence electrons. The topological polar surface area (TPSA) is 59.0 Å². The quantitative estimate of drug-likeness (QED) is 0.894. The van der Waals surface area contributed by atoms with Crippen LogP contribution in [0, 0.1) is 0 Å². The molecule has 2 heterocycles. The average Bonchev–Trinajstić information content (AvgIpc) is 2.90. The van der Waals surface area contributed by atoms with Gasteiger partial charge >= 0.3 is 0 Å². The fourth-order valence-corrected chi connectivity index (χ4v) is 4.32. The minimum absolute atomic E-state index is 0.0817. The number of hydrogen-bond donors (Lipinski definition) is 2. The van der Waals surface area contributed by atoms with Gasteiger partial charge in [0.15, 0.2) is 0 Å². The maximum absolute atomic E-state index is 12.2. The number of anilines is 1. The molecule has 6 heteroatoms. The number of amides is 1. The number of carbonyl (C=O) groups excluding carboxylic acids is 1. The number of aryl methyl sites for hydroxylation is 1. The van der Waals surface area contributed by atoms with E-state index in [0.717, 1.165) is 29.6 Å². The Labute approximate surface area is 136 Å². The molecule has 1 saturated heterocycles. The predicted octanol–water partition coefficient (Wildman–Crippen LogP) is 2.50. The smallest absolute Gasteiger partial charge is 0.227 e. The Morgan fingerprint density at radius 1 is 1.45 bits per heavy atom. The van der Waals surface area contributed by atoms with Crippen LogP contribution in [0.3, 0.4) is 0 Å². The first-order valence-electron chi connectivity index (χ1n) is 8.37. The lowest BCUT2D eigenvalue weighted by Crippen LogP contribution is -2.40. The van der Waals surface area contributed by atoms with Crippen LogP contribution < -0.4 is 10.6 Å². The molecule has 0 unspecified atom stereocenters. The van der Waals surface area contributed by atoms with Crippen molar-refractivity contribution in [3.05, 3.63) is 11.8 Å². The van der Waals surface area contributed by atoms with E-state index in [9.17, 15) is 4.79 Å². The lowest BCUT2D eigenvalue weighted by molar-refractivity contribution is -0.116. The highest BCUT2D eigenvalue weighted by atomic mass is 32.2. The number of nitrogens with one attached hydrogen (secondary N) is 2. The average molecular weight is 322 g/mol. The molecule has 1 saturated carbocycles. The van der Waals surface area contributed by atoms with Gasteiger partial charge < -0.3 is 10.6 Å². The van der Waals surface area contributed by atoms with Crippen LogP contribution >= 0.6 is 11.8 Å². The molecule has 2 N–H and O–H groups in total. The summed E-state index contributed by atoms with van der Waals surface area (Å²) < 4.78 is 1.81. The minimum Gasteiger partial charge on any atom is -0.312 e. The van der Waals surface area contributed by atoms with Crippen LogP contribution in [0.4, 0.5) is 5.82 Å². The fraction of sp³-hybridized carbons (Fsp3) is 0.750. The SMILES string of the molecule is Cn1nc(C2CCCCC2)cc1NC(=O)C[C@@H]1CSCCN1. The third kappa shape index (κ3) is 4.04. The van der Waals surface area contributed by atoms with Crippen LogP contribution in [0.15, 0.2) is 6.07 Å². The van der Waals surface area contributed by atoms with Gasteiger partial charge in [0, 0.05) is 49.5 Å². The summed E-state index contributed by atoms with van der Waals surface area (Å²) in [4.78, 5) is 12.2. The maximum atomic E-state index is 12.2. The molecule has 0 aromatic carbocycles. The van der Waals surface area contributed by atoms with Gasteiger partial charge in [-0.25, -0.2) is 0 Å². The van der Waals surface area contributed by atoms with Crippen molar-refractivity contribution in [2.45, 2.75) is 50.5 Å². The largest absolute Gasteiger partial charge is 0.312 e. The van der Waals surface area contributed by atoms with Gasteiger partial charge in [0.2, 0.25) is 5.91 Å². The fourth-order valence-electron chi connectivity index (χ4n) is 3.37. The number of carbonyl (C=O) groups is 1. The van der Waals surface area contributed by atoms with Crippen LogP contribution in [-0.2, 0) is 11.8 Å². The highest BCUT2D eigenvalue weighted by molar-refractivity contribution is 7.99. The maximum Gasteiger partial charge on any atom is 0.227 e. The number of nitrogens with zero attached hydrogens (tertiary/aromatic N) is 2. The van der Waals surface area contributed by atoms with Gasteiger partial charge in [-0.05, 0) is 12.8 Å². The van der Waals surface area contributed by atoms with Crippen molar-refractivity contribution < 1.29 is 4.79 Å². The monoisotopic (exact) mass is 322 g/mol. The first kappa shape index (κ1) is 15.9. The van der Waals surface area contributed by atoms with Crippen molar-refractivity contribution in [2.75, 3.05) is 23.4 Å². The number of aromatic nitrogens is 2. The van der Waals surface area contributed by atoms with E-state index in [1.807, 2.05) is 23.5 Å². The Balaban J connectivity index is 1.57. The normalized spacial score (nSPS) is 23.4. The lowest BCUT2D eigenvalue weighted by Gasteiger charge is -2.22. The van der Waals surface area contributed by atoms with Gasteiger partial charge in [-0.15, -0.1) is 0 Å². The van der Waals surface area contributed by atoms with E-state index in [4.69, 9.17) is 0 Å². The summed E-state index contributed by atoms with van der Waals surface area (Å²) in [5, 5.41) is 11.0. The van der Waals surface area contributed by atoms with Gasteiger partial charge in [0.25, 0.3) is 0 Å². The Morgan fingerprint density at radius 2 is 2.27 bits per heavy atom. The third-order valence-electron chi connectivity index (χ3n) is 4.62. The molecule has 22 heavy (non-hydrogen) atoms. The molecule has 2 fully saturated rings. The van der Waals surface area contributed by atoms with Crippen LogP contribution in [0.2, 0.25) is 0 Å². The van der Waals surface area contributed by atoms with Crippen molar-refractivity contribution >= 4 is 23.5 Å². The van der Waals surface area contributed by atoms with E-state index in [-0.39, 0.29) is 5.91 Å². The molecule has 1 aliphatic heterocycles. The molecule has 5 nitrogen and oxygen atoms in total. The predicted molar refractivity (Wildman–Crippen MR) is 91.4 cm³/mol. The number of rotatable bonds is 4. The molecular weight excluding hydrogens is 296 g/mol. The van der Waals surface area contributed by atoms with Crippen molar-refractivity contribution in [3.8, 4) is 0 Å². The van der Waals surface area contributed by atoms with E-state index in [1.54, 1.807) is 0 Å². The molecule has 0 radical (unpaired) electrons. The highest BCUT2D eigenvalue weighted by Crippen LogP contribution is 2.32. The van der Waals surface area contributed by atoms with E-state index in [0.29, 0.717) is 18.4 Å². The van der Waals surface area contributed by atoms with Gasteiger partial charge in [-0.1, -0.05) is 19.3 Å². The summed E-state index contributed by atoms with van der Waals surface area (Å²) in [5.41, 5.74) is 1.14. The van der Waals surface area contributed by atoms with E-state index >= 15 is 0 Å². The molecule has 0 spiro atoms. The molecule has 1 aromatic heterocycles. The second-order valence-electron chi connectivity index (χ2n) is 6.39. The second-order valence-corrected chi connectivity index (χ2v) is 7.54. The van der Waals surface area contributed by atoms with Crippen LogP contribution in [0.5, 0.6) is 0 Å². The summed E-state index contributed by atoms with van der Waals surface area (Å²) in [7, 11) is 1.91. The highest BCUT2D eigenvalue weighted by Gasteiger charge is 2.21. The van der Waals surface area contributed by atoms with E-state index in [2.05, 4.69) is 21.8 Å². The molecular formula is C16H26N4OS. The molecule has 1 aliphatic carbocycles. The zero-order valence-electron chi connectivity index (χ0n) is 13.3. The Bertz CT molecular complexity index is 504. The summed E-state index contributed by atoms with van der Waals surface area (Å²) in [6.07, 6.45) is 6.94. The van der Waals surface area contributed by atoms with Gasteiger partial charge in [-0.3, -0.25) is 9.48 Å². The molecule has 1 amide bonds. The van der Waals surface area contributed by atoms with Gasteiger partial charge in [0.05, 0.1) is 5.69 Å². The van der Waals surface area contributed by atoms with Crippen molar-refractivity contribution in [3.63, 3.8) is 0 Å². The van der Waals surface area contributed by atoms with Crippen molar-refractivity contribution in [1.82, 2.24) is 15.1 Å². The Hall–Kier alpha value is -1.01. The summed E-state index contributed by atoms with van der Waals surface area (Å²) >= 11 is 1.92. The van der Waals surface area contributed by atoms with E-state index in [1.165, 1.54) is 32.1 Å². The van der Waals surface area contributed by atoms with Crippen molar-refractivity contribution in [2.24, 2.45) is 7.05 Å². The minimum atomic E-state index is 0.0817. The summed E-state index contributed by atoms with van der Waals surface area (Å²) in [6, 6.07) is 2.36. The Morgan fingerprint density at radius 3 is 3.00 bits per heavy atom. The molecule has 1 aromatic rings. The van der Waals surface area contributed by atoms with Gasteiger partial charge in [-0.2, -0.15) is 16.9 Å². The third-order valence-corrected chi connectivity index (χ3v) is 5.75. The number of thioether (sulfide) groups is 1. The second kappa shape index (κ2) is 7.51. The summed E-state index contributed by atoms with van der Waals surface area (Å²) in [5.74, 6) is 3.64. The molecule has 3 rings (SSSR count). The first-order chi connectivity index (χ1) is 10.7. The van der Waals surface area contributed by atoms with Crippen molar-refractivity contribution in [1.29, 1.82) is 0 Å². The zero-order chi connectivity index (χ0) is 15.4. The van der Waals surface area contributed by atoms with Gasteiger partial charge in [0.1, 0.15) is 5.82 Å². The van der Waals surface area contributed by atoms with Crippen LogP contribution in [0.1, 0.15) is 50.1 Å². The zero-order valence-corrected chi connectivity index (χ0v) is 14.1. The van der Waals surface area contributed by atoms with Crippen LogP contribution in [0.25, 0.3) is 0 Å². The van der Waals surface area contributed by atoms with Crippen LogP contribution in [-0.4, -0.2) is 39.8 Å². The lowest BCUT2D eigenvalue weighted by atomic mass is 9.87. The molecule has 0 bridgehead atoms. The van der Waals surface area contributed by atoms with E-state index < -0.39 is 0 Å². The first-order valence-corrected chi connectivity index (χ1v) is 9.53. The summed E-state index contributed by atoms with van der Waals surface area (Å²) in [6.45, 7) is 1.00. The molecule has 1 atom stereocenters. The number of hydrogen-bond acceptors (Lipinski definition) is 4.